The minimum atomic E-state index is -0.304. The van der Waals surface area contributed by atoms with E-state index < -0.39 is 0 Å². The molecule has 2 aromatic carbocycles. The molecule has 0 unspecified atom stereocenters. The minimum absolute atomic E-state index is 0.140. The molecule has 0 saturated heterocycles. The molecule has 0 spiro atoms. The third kappa shape index (κ3) is 3.33. The van der Waals surface area contributed by atoms with Crippen LogP contribution in [0.25, 0.3) is 5.57 Å². The van der Waals surface area contributed by atoms with Crippen molar-refractivity contribution < 1.29 is 4.79 Å². The van der Waals surface area contributed by atoms with E-state index in [9.17, 15) is 4.79 Å². The van der Waals surface area contributed by atoms with E-state index in [0.29, 0.717) is 5.69 Å². The molecule has 1 N–H and O–H groups in total. The zero-order chi connectivity index (χ0) is 14.4. The molecule has 0 saturated carbocycles. The number of carbonyl (C=O) groups is 1. The van der Waals surface area contributed by atoms with Gasteiger partial charge >= 0.3 is 0 Å². The van der Waals surface area contributed by atoms with Crippen LogP contribution in [0.2, 0.25) is 0 Å². The van der Waals surface area contributed by atoms with E-state index in [2.05, 4.69) is 11.9 Å². The summed E-state index contributed by atoms with van der Waals surface area (Å²) < 4.78 is 0. The molecule has 0 radical (unpaired) electrons. The maximum absolute atomic E-state index is 11.3. The number of nitriles is 1. The second-order valence-corrected chi connectivity index (χ2v) is 4.30. The molecule has 0 aliphatic rings. The van der Waals surface area contributed by atoms with Gasteiger partial charge in [0.15, 0.2) is 0 Å². The smallest absolute Gasteiger partial charge is 0.238 e. The number of anilines is 1. The van der Waals surface area contributed by atoms with Crippen molar-refractivity contribution in [1.29, 1.82) is 5.26 Å². The van der Waals surface area contributed by atoms with Crippen molar-refractivity contribution in [3.8, 4) is 6.07 Å². The Morgan fingerprint density at radius 2 is 1.65 bits per heavy atom. The molecule has 0 aromatic heterocycles. The van der Waals surface area contributed by atoms with E-state index in [1.807, 2.05) is 48.5 Å². The fraction of sp³-hybridized carbons (Fsp3) is 0.0588. The van der Waals surface area contributed by atoms with Gasteiger partial charge in [0.1, 0.15) is 6.42 Å². The van der Waals surface area contributed by atoms with Gasteiger partial charge in [-0.25, -0.2) is 0 Å². The van der Waals surface area contributed by atoms with Gasteiger partial charge in [0.25, 0.3) is 0 Å². The van der Waals surface area contributed by atoms with E-state index in [1.54, 1.807) is 12.1 Å². The lowest BCUT2D eigenvalue weighted by Crippen LogP contribution is -2.09. The first kappa shape index (κ1) is 13.6. The van der Waals surface area contributed by atoms with Crippen LogP contribution in [0.3, 0.4) is 0 Å². The van der Waals surface area contributed by atoms with Gasteiger partial charge in [0.2, 0.25) is 5.91 Å². The van der Waals surface area contributed by atoms with E-state index in [-0.39, 0.29) is 12.3 Å². The summed E-state index contributed by atoms with van der Waals surface area (Å²) in [4.78, 5) is 11.3. The van der Waals surface area contributed by atoms with Crippen molar-refractivity contribution >= 4 is 17.2 Å². The largest absolute Gasteiger partial charge is 0.325 e. The Bertz CT molecular complexity index is 652. The molecule has 3 nitrogen and oxygen atoms in total. The fourth-order valence-corrected chi connectivity index (χ4v) is 1.84. The minimum Gasteiger partial charge on any atom is -0.325 e. The Labute approximate surface area is 118 Å². The Morgan fingerprint density at radius 3 is 2.25 bits per heavy atom. The summed E-state index contributed by atoms with van der Waals surface area (Å²) in [5.41, 5.74) is 3.67. The highest BCUT2D eigenvalue weighted by Crippen LogP contribution is 2.22. The van der Waals surface area contributed by atoms with Gasteiger partial charge in [-0.15, -0.1) is 0 Å². The van der Waals surface area contributed by atoms with Gasteiger partial charge in [-0.2, -0.15) is 5.26 Å². The third-order valence-corrected chi connectivity index (χ3v) is 2.88. The van der Waals surface area contributed by atoms with Crippen LogP contribution < -0.4 is 5.32 Å². The third-order valence-electron chi connectivity index (χ3n) is 2.88. The van der Waals surface area contributed by atoms with Gasteiger partial charge in [-0.1, -0.05) is 49.0 Å². The lowest BCUT2D eigenvalue weighted by molar-refractivity contribution is -0.115. The molecule has 0 fully saturated rings. The standard InChI is InChI=1S/C17H14N2O/c1-13(14-5-3-2-4-6-14)15-7-9-16(10-8-15)19-17(20)11-12-18/h2-10H,1,11H2,(H,19,20). The molecule has 20 heavy (non-hydrogen) atoms. The number of hydrogen-bond acceptors (Lipinski definition) is 2. The maximum atomic E-state index is 11.3. The van der Waals surface area contributed by atoms with Crippen molar-refractivity contribution in [2.24, 2.45) is 0 Å². The van der Waals surface area contributed by atoms with Crippen LogP contribution in [0, 0.1) is 11.3 Å². The van der Waals surface area contributed by atoms with Crippen LogP contribution in [0.15, 0.2) is 61.2 Å². The lowest BCUT2D eigenvalue weighted by atomic mass is 9.99. The van der Waals surface area contributed by atoms with Crippen molar-refractivity contribution in [3.63, 3.8) is 0 Å². The Kier molecular flexibility index (Phi) is 4.31. The van der Waals surface area contributed by atoms with Gasteiger partial charge in [-0.05, 0) is 28.8 Å². The van der Waals surface area contributed by atoms with E-state index in [4.69, 9.17) is 5.26 Å². The van der Waals surface area contributed by atoms with Crippen LogP contribution in [0.1, 0.15) is 17.5 Å². The van der Waals surface area contributed by atoms with Crippen LogP contribution in [0.5, 0.6) is 0 Å². The molecule has 0 heterocycles. The molecule has 0 aliphatic carbocycles. The summed E-state index contributed by atoms with van der Waals surface area (Å²) in [5.74, 6) is -0.304. The van der Waals surface area contributed by atoms with Crippen LogP contribution >= 0.6 is 0 Å². The molecule has 2 aromatic rings. The predicted molar refractivity (Wildman–Crippen MR) is 79.9 cm³/mol. The highest BCUT2D eigenvalue weighted by atomic mass is 16.1. The summed E-state index contributed by atoms with van der Waals surface area (Å²) in [6.45, 7) is 4.08. The number of rotatable bonds is 4. The number of carbonyl (C=O) groups excluding carboxylic acids is 1. The summed E-state index contributed by atoms with van der Waals surface area (Å²) in [7, 11) is 0. The first-order valence-electron chi connectivity index (χ1n) is 6.22. The highest BCUT2D eigenvalue weighted by Gasteiger charge is 2.04. The first-order valence-corrected chi connectivity index (χ1v) is 6.22. The molecular weight excluding hydrogens is 248 g/mol. The summed E-state index contributed by atoms with van der Waals surface area (Å²) in [6, 6.07) is 19.1. The number of amides is 1. The van der Waals surface area contributed by atoms with Crippen molar-refractivity contribution in [1.82, 2.24) is 0 Å². The van der Waals surface area contributed by atoms with E-state index in [1.165, 1.54) is 0 Å². The summed E-state index contributed by atoms with van der Waals surface area (Å²) in [6.07, 6.45) is -0.140. The Hall–Kier alpha value is -2.86. The topological polar surface area (TPSA) is 52.9 Å². The Balaban J connectivity index is 2.11. The van der Waals surface area contributed by atoms with Gasteiger partial charge in [0.05, 0.1) is 6.07 Å². The molecule has 1 amide bonds. The number of benzene rings is 2. The van der Waals surface area contributed by atoms with E-state index >= 15 is 0 Å². The highest BCUT2D eigenvalue weighted by molar-refractivity contribution is 5.92. The van der Waals surface area contributed by atoms with Crippen molar-refractivity contribution in [2.75, 3.05) is 5.32 Å². The molecule has 2 rings (SSSR count). The molecular formula is C17H14N2O. The normalized spacial score (nSPS) is 9.55. The van der Waals surface area contributed by atoms with Gasteiger partial charge in [0, 0.05) is 5.69 Å². The average molecular weight is 262 g/mol. The van der Waals surface area contributed by atoms with Crippen LogP contribution in [-0.4, -0.2) is 5.91 Å². The molecule has 98 valence electrons. The fourth-order valence-electron chi connectivity index (χ4n) is 1.84. The van der Waals surface area contributed by atoms with Crippen LogP contribution in [0.4, 0.5) is 5.69 Å². The molecule has 0 atom stereocenters. The number of hydrogen-bond donors (Lipinski definition) is 1. The maximum Gasteiger partial charge on any atom is 0.238 e. The summed E-state index contributed by atoms with van der Waals surface area (Å²) >= 11 is 0. The predicted octanol–water partition coefficient (Wildman–Crippen LogP) is 3.60. The Morgan fingerprint density at radius 1 is 1.05 bits per heavy atom. The zero-order valence-corrected chi connectivity index (χ0v) is 11.0. The first-order chi connectivity index (χ1) is 9.70. The lowest BCUT2D eigenvalue weighted by Gasteiger charge is -2.08. The second-order valence-electron chi connectivity index (χ2n) is 4.30. The van der Waals surface area contributed by atoms with Gasteiger partial charge < -0.3 is 5.32 Å². The van der Waals surface area contributed by atoms with Crippen molar-refractivity contribution in [2.45, 2.75) is 6.42 Å². The monoisotopic (exact) mass is 262 g/mol. The van der Waals surface area contributed by atoms with Crippen molar-refractivity contribution in [3.05, 3.63) is 72.3 Å². The number of nitrogens with one attached hydrogen (secondary N) is 1. The zero-order valence-electron chi connectivity index (χ0n) is 11.0. The van der Waals surface area contributed by atoms with Crippen LogP contribution in [-0.2, 0) is 4.79 Å². The average Bonchev–Trinajstić information content (AvgIpc) is 2.48. The summed E-state index contributed by atoms with van der Waals surface area (Å²) in [5, 5.41) is 11.1. The SMILES string of the molecule is C=C(c1ccccc1)c1ccc(NC(=O)CC#N)cc1. The number of nitrogens with zero attached hydrogens (tertiary/aromatic N) is 1. The second kappa shape index (κ2) is 6.35. The molecule has 0 bridgehead atoms. The van der Waals surface area contributed by atoms with E-state index in [0.717, 1.165) is 16.7 Å². The van der Waals surface area contributed by atoms with Gasteiger partial charge in [-0.3, -0.25) is 4.79 Å². The quantitative estimate of drug-likeness (QED) is 0.915. The molecule has 3 heteroatoms. The molecule has 0 aliphatic heterocycles.